The standard InChI is InChI=1S/C11H8N6O2/c18-9-8(6-7-4-2-1-3-5-7)10(19)17(14-9)11-12-15-16-13-11/h1-6H,(H,14,18)(H,12,13,15,16)/b8-6-. The van der Waals surface area contributed by atoms with Crippen molar-refractivity contribution >= 4 is 23.8 Å². The molecule has 2 amide bonds. The van der Waals surface area contributed by atoms with Gasteiger partial charge >= 0.3 is 0 Å². The number of rotatable bonds is 2. The molecule has 1 saturated heterocycles. The van der Waals surface area contributed by atoms with Crippen LogP contribution in [0.1, 0.15) is 5.56 Å². The van der Waals surface area contributed by atoms with Crippen LogP contribution in [-0.4, -0.2) is 32.4 Å². The van der Waals surface area contributed by atoms with E-state index in [1.807, 2.05) is 18.2 Å². The molecule has 19 heavy (non-hydrogen) atoms. The van der Waals surface area contributed by atoms with Gasteiger partial charge in [0.05, 0.1) is 0 Å². The fourth-order valence-corrected chi connectivity index (χ4v) is 1.67. The van der Waals surface area contributed by atoms with Crippen molar-refractivity contribution in [2.24, 2.45) is 0 Å². The van der Waals surface area contributed by atoms with Crippen LogP contribution in [0.15, 0.2) is 35.9 Å². The Morgan fingerprint density at radius 3 is 2.63 bits per heavy atom. The van der Waals surface area contributed by atoms with Gasteiger partial charge in [-0.1, -0.05) is 35.4 Å². The molecule has 3 rings (SSSR count). The summed E-state index contributed by atoms with van der Waals surface area (Å²) in [6, 6.07) is 9.08. The third-order valence-electron chi connectivity index (χ3n) is 2.54. The van der Waals surface area contributed by atoms with Crippen LogP contribution in [0.5, 0.6) is 0 Å². The van der Waals surface area contributed by atoms with Crippen molar-refractivity contribution in [2.45, 2.75) is 0 Å². The van der Waals surface area contributed by atoms with Crippen LogP contribution in [0.4, 0.5) is 5.95 Å². The molecule has 1 aromatic carbocycles. The van der Waals surface area contributed by atoms with Crippen LogP contribution in [0.25, 0.3) is 6.08 Å². The van der Waals surface area contributed by atoms with Gasteiger partial charge in [0.1, 0.15) is 5.57 Å². The summed E-state index contributed by atoms with van der Waals surface area (Å²) in [7, 11) is 0. The number of benzene rings is 1. The average Bonchev–Trinajstić information content (AvgIpc) is 3.03. The average molecular weight is 256 g/mol. The minimum absolute atomic E-state index is 0.00480. The zero-order chi connectivity index (χ0) is 13.2. The first-order valence-corrected chi connectivity index (χ1v) is 5.41. The molecule has 0 radical (unpaired) electrons. The predicted octanol–water partition coefficient (Wildman–Crippen LogP) is -0.339. The van der Waals surface area contributed by atoms with Crippen molar-refractivity contribution in [3.05, 3.63) is 41.5 Å². The molecule has 1 fully saturated rings. The molecule has 2 N–H and O–H groups in total. The van der Waals surface area contributed by atoms with E-state index >= 15 is 0 Å². The van der Waals surface area contributed by atoms with Crippen molar-refractivity contribution in [3.8, 4) is 0 Å². The van der Waals surface area contributed by atoms with Crippen molar-refractivity contribution < 1.29 is 9.59 Å². The van der Waals surface area contributed by atoms with E-state index in [-0.39, 0.29) is 11.5 Å². The zero-order valence-corrected chi connectivity index (χ0v) is 9.57. The topological polar surface area (TPSA) is 104 Å². The minimum Gasteiger partial charge on any atom is -0.267 e. The number of hydrazine groups is 1. The molecule has 1 aliphatic heterocycles. The second-order valence-corrected chi connectivity index (χ2v) is 3.76. The van der Waals surface area contributed by atoms with E-state index < -0.39 is 11.8 Å². The second-order valence-electron chi connectivity index (χ2n) is 3.76. The molecular weight excluding hydrogens is 248 g/mol. The highest BCUT2D eigenvalue weighted by Gasteiger charge is 2.36. The lowest BCUT2D eigenvalue weighted by atomic mass is 10.1. The largest absolute Gasteiger partial charge is 0.291 e. The second kappa shape index (κ2) is 4.33. The fourth-order valence-electron chi connectivity index (χ4n) is 1.67. The minimum atomic E-state index is -0.518. The summed E-state index contributed by atoms with van der Waals surface area (Å²) >= 11 is 0. The number of aromatic amines is 1. The number of carbonyl (C=O) groups excluding carboxylic acids is 2. The molecule has 0 atom stereocenters. The van der Waals surface area contributed by atoms with Gasteiger partial charge < -0.3 is 0 Å². The summed E-state index contributed by atoms with van der Waals surface area (Å²) in [6.07, 6.45) is 1.51. The summed E-state index contributed by atoms with van der Waals surface area (Å²) in [5.74, 6) is -1.02. The Labute approximate surface area is 107 Å². The van der Waals surface area contributed by atoms with Gasteiger partial charge in [0.2, 0.25) is 0 Å². The van der Waals surface area contributed by atoms with Gasteiger partial charge in [0.15, 0.2) is 0 Å². The monoisotopic (exact) mass is 256 g/mol. The van der Waals surface area contributed by atoms with Crippen LogP contribution >= 0.6 is 0 Å². The third kappa shape index (κ3) is 1.95. The number of amides is 2. The van der Waals surface area contributed by atoms with Gasteiger partial charge in [-0.2, -0.15) is 10.2 Å². The first kappa shape index (κ1) is 11.1. The number of aromatic nitrogens is 4. The van der Waals surface area contributed by atoms with Crippen LogP contribution in [0, 0.1) is 0 Å². The van der Waals surface area contributed by atoms with Crippen LogP contribution in [-0.2, 0) is 9.59 Å². The maximum atomic E-state index is 12.1. The SMILES string of the molecule is O=C1NN(c2nn[nH]n2)C(=O)/C1=C\c1ccccc1. The van der Waals surface area contributed by atoms with E-state index in [4.69, 9.17) is 0 Å². The summed E-state index contributed by atoms with van der Waals surface area (Å²) in [5, 5.41) is 13.8. The number of carbonyl (C=O) groups is 2. The molecule has 1 aliphatic rings. The molecule has 1 aromatic heterocycles. The first-order valence-electron chi connectivity index (χ1n) is 5.41. The Morgan fingerprint density at radius 1 is 1.16 bits per heavy atom. The molecule has 94 valence electrons. The molecule has 0 spiro atoms. The van der Waals surface area contributed by atoms with Crippen LogP contribution in [0.3, 0.4) is 0 Å². The quantitative estimate of drug-likeness (QED) is 0.565. The summed E-state index contributed by atoms with van der Waals surface area (Å²) in [6.45, 7) is 0. The Kier molecular flexibility index (Phi) is 2.53. The van der Waals surface area contributed by atoms with Crippen molar-refractivity contribution in [1.29, 1.82) is 0 Å². The van der Waals surface area contributed by atoms with E-state index in [1.54, 1.807) is 12.1 Å². The van der Waals surface area contributed by atoms with Crippen molar-refractivity contribution in [3.63, 3.8) is 0 Å². The summed E-state index contributed by atoms with van der Waals surface area (Å²) < 4.78 is 0. The number of anilines is 1. The maximum Gasteiger partial charge on any atom is 0.291 e. The Balaban J connectivity index is 1.94. The Bertz CT molecular complexity index is 649. The number of H-pyrrole nitrogens is 1. The number of tetrazole rings is 1. The third-order valence-corrected chi connectivity index (χ3v) is 2.54. The van der Waals surface area contributed by atoms with E-state index in [2.05, 4.69) is 26.0 Å². The number of hydrogen-bond donors (Lipinski definition) is 2. The van der Waals surface area contributed by atoms with E-state index in [0.29, 0.717) is 0 Å². The molecule has 0 unspecified atom stereocenters. The number of hydrogen-bond acceptors (Lipinski definition) is 5. The van der Waals surface area contributed by atoms with Crippen LogP contribution in [0.2, 0.25) is 0 Å². The smallest absolute Gasteiger partial charge is 0.267 e. The van der Waals surface area contributed by atoms with Crippen molar-refractivity contribution in [1.82, 2.24) is 26.0 Å². The Hall–Kier alpha value is -3.03. The lowest BCUT2D eigenvalue weighted by molar-refractivity contribution is -0.117. The van der Waals surface area contributed by atoms with Gasteiger partial charge in [-0.05, 0) is 16.9 Å². The van der Waals surface area contributed by atoms with Gasteiger partial charge in [-0.3, -0.25) is 15.0 Å². The van der Waals surface area contributed by atoms with Gasteiger partial charge in [-0.15, -0.1) is 5.10 Å². The maximum absolute atomic E-state index is 12.1. The molecule has 0 saturated carbocycles. The highest BCUT2D eigenvalue weighted by atomic mass is 16.2. The predicted molar refractivity (Wildman–Crippen MR) is 64.2 cm³/mol. The molecule has 0 bridgehead atoms. The lowest BCUT2D eigenvalue weighted by Gasteiger charge is -2.07. The number of nitrogens with one attached hydrogen (secondary N) is 2. The van der Waals surface area contributed by atoms with Gasteiger partial charge in [-0.25, -0.2) is 0 Å². The summed E-state index contributed by atoms with van der Waals surface area (Å²) in [5.41, 5.74) is 3.15. The van der Waals surface area contributed by atoms with Gasteiger partial charge in [0, 0.05) is 0 Å². The lowest BCUT2D eigenvalue weighted by Crippen LogP contribution is -2.36. The van der Waals surface area contributed by atoms with E-state index in [9.17, 15) is 9.59 Å². The highest BCUT2D eigenvalue weighted by molar-refractivity contribution is 6.31. The molecule has 8 heteroatoms. The molecule has 2 heterocycles. The van der Waals surface area contributed by atoms with E-state index in [0.717, 1.165) is 10.6 Å². The van der Waals surface area contributed by atoms with Crippen molar-refractivity contribution in [2.75, 3.05) is 5.01 Å². The number of nitrogens with zero attached hydrogens (tertiary/aromatic N) is 4. The molecular formula is C11H8N6O2. The highest BCUT2D eigenvalue weighted by Crippen LogP contribution is 2.17. The first-order chi connectivity index (χ1) is 9.25. The van der Waals surface area contributed by atoms with Gasteiger partial charge in [0.25, 0.3) is 17.8 Å². The van der Waals surface area contributed by atoms with Crippen LogP contribution < -0.4 is 10.4 Å². The fraction of sp³-hybridized carbons (Fsp3) is 0. The summed E-state index contributed by atoms with van der Waals surface area (Å²) in [4.78, 5) is 23.8. The zero-order valence-electron chi connectivity index (χ0n) is 9.57. The van der Waals surface area contributed by atoms with E-state index in [1.165, 1.54) is 6.08 Å². The molecule has 0 aliphatic carbocycles. The molecule has 2 aromatic rings. The molecule has 8 nitrogen and oxygen atoms in total. The Morgan fingerprint density at radius 2 is 1.95 bits per heavy atom. The normalized spacial score (nSPS) is 17.1.